The summed E-state index contributed by atoms with van der Waals surface area (Å²) in [5.74, 6) is -0.964. The molecule has 0 saturated carbocycles. The zero-order chi connectivity index (χ0) is 20.0. The summed E-state index contributed by atoms with van der Waals surface area (Å²) in [4.78, 5) is 26.3. The van der Waals surface area contributed by atoms with Crippen molar-refractivity contribution >= 4 is 34.8 Å². The maximum atomic E-state index is 13.3. The number of benzene rings is 2. The molecule has 0 aliphatic rings. The normalized spacial score (nSPS) is 10.7. The SMILES string of the molecule is CCN(CC(=O)Nc1cc(F)ccc1C)CC(=O)Nc1cc(Cl)ccc1C. The second kappa shape index (κ2) is 9.48. The van der Waals surface area contributed by atoms with E-state index in [-0.39, 0.29) is 24.9 Å². The van der Waals surface area contributed by atoms with Crippen molar-refractivity contribution in [3.8, 4) is 0 Å². The van der Waals surface area contributed by atoms with Gasteiger partial charge in [-0.15, -0.1) is 0 Å². The van der Waals surface area contributed by atoms with Crippen molar-refractivity contribution in [1.29, 1.82) is 0 Å². The number of amides is 2. The van der Waals surface area contributed by atoms with E-state index in [0.29, 0.717) is 22.9 Å². The molecule has 0 unspecified atom stereocenters. The van der Waals surface area contributed by atoms with Crippen LogP contribution in [-0.2, 0) is 9.59 Å². The van der Waals surface area contributed by atoms with Gasteiger partial charge in [0.1, 0.15) is 5.82 Å². The molecule has 2 aromatic rings. The van der Waals surface area contributed by atoms with E-state index in [1.54, 1.807) is 30.0 Å². The monoisotopic (exact) mass is 391 g/mol. The molecule has 2 N–H and O–H groups in total. The number of likely N-dealkylation sites (N-methyl/N-ethyl adjacent to an activating group) is 1. The molecule has 144 valence electrons. The van der Waals surface area contributed by atoms with Gasteiger partial charge in [0, 0.05) is 16.4 Å². The summed E-state index contributed by atoms with van der Waals surface area (Å²) in [6.45, 7) is 6.11. The summed E-state index contributed by atoms with van der Waals surface area (Å²) in [6, 6.07) is 9.48. The Bertz CT molecular complexity index is 774. The molecule has 0 aliphatic heterocycles. The Kier molecular flexibility index (Phi) is 7.33. The van der Waals surface area contributed by atoms with Crippen LogP contribution in [0.1, 0.15) is 18.1 Å². The van der Waals surface area contributed by atoms with Gasteiger partial charge in [0.2, 0.25) is 11.8 Å². The number of halogens is 2. The molecule has 0 radical (unpaired) electrons. The van der Waals surface area contributed by atoms with Crippen molar-refractivity contribution in [2.75, 3.05) is 30.3 Å². The summed E-state index contributed by atoms with van der Waals surface area (Å²) >= 11 is 5.96. The van der Waals surface area contributed by atoms with Gasteiger partial charge in [0.05, 0.1) is 13.1 Å². The molecule has 0 aliphatic carbocycles. The van der Waals surface area contributed by atoms with Crippen LogP contribution in [0.4, 0.5) is 15.8 Å². The average molecular weight is 392 g/mol. The molecule has 0 saturated heterocycles. The lowest BCUT2D eigenvalue weighted by atomic mass is 10.2. The maximum Gasteiger partial charge on any atom is 0.238 e. The minimum Gasteiger partial charge on any atom is -0.325 e. The van der Waals surface area contributed by atoms with E-state index in [1.165, 1.54) is 12.1 Å². The summed E-state index contributed by atoms with van der Waals surface area (Å²) in [6.07, 6.45) is 0. The average Bonchev–Trinajstić information content (AvgIpc) is 2.60. The first-order valence-corrected chi connectivity index (χ1v) is 9.00. The Hall–Kier alpha value is -2.44. The van der Waals surface area contributed by atoms with E-state index in [0.717, 1.165) is 11.1 Å². The highest BCUT2D eigenvalue weighted by atomic mass is 35.5. The molecule has 2 aromatic carbocycles. The van der Waals surface area contributed by atoms with Crippen molar-refractivity contribution in [3.05, 3.63) is 58.4 Å². The quantitative estimate of drug-likeness (QED) is 0.750. The van der Waals surface area contributed by atoms with Crippen LogP contribution in [0.25, 0.3) is 0 Å². The molecule has 0 bridgehead atoms. The molecule has 0 heterocycles. The van der Waals surface area contributed by atoms with E-state index in [2.05, 4.69) is 10.6 Å². The van der Waals surface area contributed by atoms with Gasteiger partial charge in [-0.1, -0.05) is 30.7 Å². The lowest BCUT2D eigenvalue weighted by Gasteiger charge is -2.20. The van der Waals surface area contributed by atoms with Crippen LogP contribution in [0.5, 0.6) is 0 Å². The fourth-order valence-corrected chi connectivity index (χ4v) is 2.70. The van der Waals surface area contributed by atoms with Crippen LogP contribution in [0, 0.1) is 19.7 Å². The van der Waals surface area contributed by atoms with Gasteiger partial charge in [0.25, 0.3) is 0 Å². The highest BCUT2D eigenvalue weighted by Crippen LogP contribution is 2.20. The number of carbonyl (C=O) groups excluding carboxylic acids is 2. The minimum atomic E-state index is -0.417. The van der Waals surface area contributed by atoms with E-state index in [1.807, 2.05) is 19.9 Å². The molecule has 5 nitrogen and oxygen atoms in total. The number of carbonyl (C=O) groups is 2. The molecule has 0 aromatic heterocycles. The first-order valence-electron chi connectivity index (χ1n) is 8.63. The number of hydrogen-bond acceptors (Lipinski definition) is 3. The third-order valence-corrected chi connectivity index (χ3v) is 4.36. The lowest BCUT2D eigenvalue weighted by Crippen LogP contribution is -2.38. The largest absolute Gasteiger partial charge is 0.325 e. The van der Waals surface area contributed by atoms with Gasteiger partial charge in [-0.05, 0) is 55.8 Å². The molecular formula is C20H23ClFN3O2. The lowest BCUT2D eigenvalue weighted by molar-refractivity contribution is -0.119. The number of aryl methyl sites for hydroxylation is 2. The van der Waals surface area contributed by atoms with Crippen molar-refractivity contribution < 1.29 is 14.0 Å². The fourth-order valence-electron chi connectivity index (χ4n) is 2.52. The van der Waals surface area contributed by atoms with Gasteiger partial charge in [-0.25, -0.2) is 4.39 Å². The zero-order valence-electron chi connectivity index (χ0n) is 15.6. The topological polar surface area (TPSA) is 61.4 Å². The zero-order valence-corrected chi connectivity index (χ0v) is 16.4. The van der Waals surface area contributed by atoms with E-state index in [9.17, 15) is 14.0 Å². The molecule has 7 heteroatoms. The van der Waals surface area contributed by atoms with Gasteiger partial charge in [0.15, 0.2) is 0 Å². The Morgan fingerprint density at radius 3 is 2.04 bits per heavy atom. The number of rotatable bonds is 7. The Morgan fingerprint density at radius 1 is 0.963 bits per heavy atom. The van der Waals surface area contributed by atoms with Gasteiger partial charge >= 0.3 is 0 Å². The Labute approximate surface area is 163 Å². The standard InChI is InChI=1S/C20H23ClFN3O2/c1-4-25(11-19(26)23-17-9-15(21)7-5-13(17)2)12-20(27)24-18-10-16(22)8-6-14(18)3/h5-10H,4,11-12H2,1-3H3,(H,23,26)(H,24,27). The Morgan fingerprint density at radius 2 is 1.48 bits per heavy atom. The van der Waals surface area contributed by atoms with E-state index >= 15 is 0 Å². The number of anilines is 2. The van der Waals surface area contributed by atoms with Crippen LogP contribution < -0.4 is 10.6 Å². The second-order valence-electron chi connectivity index (χ2n) is 6.32. The van der Waals surface area contributed by atoms with Crippen LogP contribution in [0.15, 0.2) is 36.4 Å². The molecule has 0 atom stereocenters. The van der Waals surface area contributed by atoms with Crippen LogP contribution in [0.3, 0.4) is 0 Å². The molecule has 2 rings (SSSR count). The first kappa shape index (κ1) is 20.9. The van der Waals surface area contributed by atoms with Crippen molar-refractivity contribution in [2.24, 2.45) is 0 Å². The minimum absolute atomic E-state index is 0.0222. The fraction of sp³-hybridized carbons (Fsp3) is 0.300. The number of nitrogens with zero attached hydrogens (tertiary/aromatic N) is 1. The maximum absolute atomic E-state index is 13.3. The molecular weight excluding hydrogens is 369 g/mol. The summed E-state index contributed by atoms with van der Waals surface area (Å²) in [5.41, 5.74) is 2.73. The summed E-state index contributed by atoms with van der Waals surface area (Å²) in [5, 5.41) is 6.03. The second-order valence-corrected chi connectivity index (χ2v) is 6.75. The highest BCUT2D eigenvalue weighted by Gasteiger charge is 2.15. The summed E-state index contributed by atoms with van der Waals surface area (Å²) < 4.78 is 13.3. The van der Waals surface area contributed by atoms with Crippen LogP contribution in [0.2, 0.25) is 5.02 Å². The first-order chi connectivity index (χ1) is 12.8. The third kappa shape index (κ3) is 6.34. The Balaban J connectivity index is 1.94. The van der Waals surface area contributed by atoms with Crippen LogP contribution >= 0.6 is 11.6 Å². The van der Waals surface area contributed by atoms with E-state index in [4.69, 9.17) is 11.6 Å². The van der Waals surface area contributed by atoms with Gasteiger partial charge < -0.3 is 10.6 Å². The predicted octanol–water partition coefficient (Wildman–Crippen LogP) is 4.00. The predicted molar refractivity (Wildman–Crippen MR) is 107 cm³/mol. The molecule has 2 amide bonds. The van der Waals surface area contributed by atoms with Crippen molar-refractivity contribution in [1.82, 2.24) is 4.90 Å². The highest BCUT2D eigenvalue weighted by molar-refractivity contribution is 6.31. The van der Waals surface area contributed by atoms with Crippen LogP contribution in [-0.4, -0.2) is 36.3 Å². The van der Waals surface area contributed by atoms with E-state index < -0.39 is 5.82 Å². The van der Waals surface area contributed by atoms with Gasteiger partial charge in [-0.2, -0.15) is 0 Å². The molecule has 0 spiro atoms. The third-order valence-electron chi connectivity index (χ3n) is 4.13. The van der Waals surface area contributed by atoms with Gasteiger partial charge in [-0.3, -0.25) is 14.5 Å². The number of hydrogen-bond donors (Lipinski definition) is 2. The van der Waals surface area contributed by atoms with Crippen molar-refractivity contribution in [3.63, 3.8) is 0 Å². The molecule has 0 fully saturated rings. The molecule has 27 heavy (non-hydrogen) atoms. The number of nitrogens with one attached hydrogen (secondary N) is 2. The summed E-state index contributed by atoms with van der Waals surface area (Å²) in [7, 11) is 0. The van der Waals surface area contributed by atoms with Crippen molar-refractivity contribution in [2.45, 2.75) is 20.8 Å². The smallest absolute Gasteiger partial charge is 0.238 e.